The Morgan fingerprint density at radius 3 is 2.35 bits per heavy atom. The number of hydrazone groups is 1. The van der Waals surface area contributed by atoms with Crippen molar-refractivity contribution in [3.63, 3.8) is 0 Å². The predicted octanol–water partition coefficient (Wildman–Crippen LogP) is 2.65. The molecule has 0 aliphatic carbocycles. The molecule has 0 aliphatic rings. The highest BCUT2D eigenvalue weighted by atomic mass is 16.3. The number of rotatable bonds is 6. The van der Waals surface area contributed by atoms with Gasteiger partial charge in [0.2, 0.25) is 5.43 Å². The topological polar surface area (TPSA) is 147 Å². The number of benzene rings is 3. The molecule has 0 radical (unpaired) electrons. The lowest BCUT2D eigenvalue weighted by atomic mass is 10.0. The van der Waals surface area contributed by atoms with Crippen molar-refractivity contribution in [3.8, 4) is 0 Å². The van der Waals surface area contributed by atoms with Gasteiger partial charge in [0.15, 0.2) is 6.04 Å². The molecule has 1 atom stereocenters. The van der Waals surface area contributed by atoms with Gasteiger partial charge in [-0.1, -0.05) is 48.5 Å². The summed E-state index contributed by atoms with van der Waals surface area (Å²) in [5.74, 6) is -1.27. The van der Waals surface area contributed by atoms with E-state index in [0.717, 1.165) is 6.21 Å². The molecule has 10 nitrogen and oxygen atoms in total. The van der Waals surface area contributed by atoms with Crippen LogP contribution in [-0.4, -0.2) is 28.2 Å². The molecule has 2 aromatic heterocycles. The minimum atomic E-state index is -1.32. The summed E-state index contributed by atoms with van der Waals surface area (Å²) in [7, 11) is 0. The van der Waals surface area contributed by atoms with Gasteiger partial charge in [-0.2, -0.15) is 10.2 Å². The van der Waals surface area contributed by atoms with E-state index in [-0.39, 0.29) is 16.7 Å². The molecular formula is C27H19N5O5. The second kappa shape index (κ2) is 10.1. The molecule has 5 aromatic rings. The van der Waals surface area contributed by atoms with Crippen molar-refractivity contribution in [1.29, 1.82) is 0 Å². The number of amides is 2. The average Bonchev–Trinajstić information content (AvgIpc) is 2.94. The number of H-pyrrole nitrogens is 1. The number of nitrogens with one attached hydrogen (secondary N) is 3. The quantitative estimate of drug-likeness (QED) is 0.245. The third-order valence-corrected chi connectivity index (χ3v) is 5.66. The summed E-state index contributed by atoms with van der Waals surface area (Å²) in [4.78, 5) is 51.1. The molecule has 182 valence electrons. The monoisotopic (exact) mass is 493 g/mol. The van der Waals surface area contributed by atoms with Crippen molar-refractivity contribution in [2.45, 2.75) is 6.04 Å². The molecule has 3 aromatic carbocycles. The van der Waals surface area contributed by atoms with Gasteiger partial charge in [0, 0.05) is 10.9 Å². The van der Waals surface area contributed by atoms with Crippen LogP contribution in [0.1, 0.15) is 27.7 Å². The normalized spacial score (nSPS) is 12.0. The van der Waals surface area contributed by atoms with E-state index in [1.807, 2.05) is 0 Å². The Morgan fingerprint density at radius 1 is 0.892 bits per heavy atom. The van der Waals surface area contributed by atoms with Crippen LogP contribution in [0.25, 0.3) is 21.7 Å². The van der Waals surface area contributed by atoms with E-state index in [4.69, 9.17) is 4.42 Å². The van der Waals surface area contributed by atoms with Crippen molar-refractivity contribution in [2.75, 3.05) is 0 Å². The molecule has 0 aliphatic heterocycles. The summed E-state index contributed by atoms with van der Waals surface area (Å²) in [5, 5.41) is 14.0. The fourth-order valence-corrected chi connectivity index (χ4v) is 3.83. The summed E-state index contributed by atoms with van der Waals surface area (Å²) in [6.45, 7) is 0. The maximum absolute atomic E-state index is 13.3. The first kappa shape index (κ1) is 23.4. The molecule has 2 heterocycles. The van der Waals surface area contributed by atoms with E-state index >= 15 is 0 Å². The Balaban J connectivity index is 1.47. The van der Waals surface area contributed by atoms with Gasteiger partial charge in [-0.15, -0.1) is 0 Å². The molecule has 0 bridgehead atoms. The molecule has 5 rings (SSSR count). The highest BCUT2D eigenvalue weighted by Gasteiger charge is 2.27. The highest BCUT2D eigenvalue weighted by molar-refractivity contribution is 5.99. The first-order valence-corrected chi connectivity index (χ1v) is 11.2. The first-order valence-electron chi connectivity index (χ1n) is 11.2. The van der Waals surface area contributed by atoms with Crippen molar-refractivity contribution >= 4 is 39.8 Å². The van der Waals surface area contributed by atoms with Crippen LogP contribution in [0.4, 0.5) is 0 Å². The van der Waals surface area contributed by atoms with Crippen LogP contribution in [0.2, 0.25) is 0 Å². The smallest absolute Gasteiger partial charge is 0.272 e. The number of fused-ring (bicyclic) bond motifs is 2. The van der Waals surface area contributed by atoms with Crippen LogP contribution >= 0.6 is 0 Å². The summed E-state index contributed by atoms with van der Waals surface area (Å²) in [5.41, 5.74) is 2.58. The maximum Gasteiger partial charge on any atom is 0.272 e. The molecule has 37 heavy (non-hydrogen) atoms. The van der Waals surface area contributed by atoms with Gasteiger partial charge in [0.05, 0.1) is 22.6 Å². The lowest BCUT2D eigenvalue weighted by Crippen LogP contribution is -2.40. The Hall–Kier alpha value is -5.38. The van der Waals surface area contributed by atoms with E-state index in [2.05, 4.69) is 26.0 Å². The van der Waals surface area contributed by atoms with Crippen molar-refractivity contribution in [3.05, 3.63) is 123 Å². The minimum Gasteiger partial charge on any atom is -0.463 e. The molecule has 0 unspecified atom stereocenters. The third kappa shape index (κ3) is 4.76. The number of aromatic amines is 1. The second-order valence-corrected chi connectivity index (χ2v) is 8.01. The fraction of sp³-hybridized carbons (Fsp3) is 0.0370. The predicted molar refractivity (Wildman–Crippen MR) is 137 cm³/mol. The van der Waals surface area contributed by atoms with E-state index in [9.17, 15) is 19.2 Å². The number of hydrogen-bond acceptors (Lipinski definition) is 7. The van der Waals surface area contributed by atoms with E-state index in [1.165, 1.54) is 6.26 Å². The summed E-state index contributed by atoms with van der Waals surface area (Å²) >= 11 is 0. The first-order chi connectivity index (χ1) is 18.0. The molecule has 3 N–H and O–H groups in total. The standard InChI is InChI=1S/C27H19N5O5/c33-24-17(15-37-21-13-7-6-12-20(21)24)14-28-31-27(36)23(29-25(34)16-8-2-1-3-9-16)22-18-10-4-5-11-19(18)26(35)32-30-22/h1-15,23H,(H,29,34)(H,31,36)(H,32,35)/t23-/m1/s1. The molecule has 10 heteroatoms. The summed E-state index contributed by atoms with van der Waals surface area (Å²) in [6.07, 6.45) is 2.40. The molecule has 0 saturated carbocycles. The van der Waals surface area contributed by atoms with Crippen LogP contribution in [0.15, 0.2) is 104 Å². The van der Waals surface area contributed by atoms with Crippen LogP contribution in [0.3, 0.4) is 0 Å². The summed E-state index contributed by atoms with van der Waals surface area (Å²) < 4.78 is 5.45. The Labute approximate surface area is 208 Å². The van der Waals surface area contributed by atoms with Crippen LogP contribution in [-0.2, 0) is 4.79 Å². The number of aromatic nitrogens is 2. The molecule has 2 amide bonds. The zero-order chi connectivity index (χ0) is 25.8. The largest absolute Gasteiger partial charge is 0.463 e. The van der Waals surface area contributed by atoms with Crippen LogP contribution in [0, 0.1) is 0 Å². The molecular weight excluding hydrogens is 474 g/mol. The minimum absolute atomic E-state index is 0.122. The lowest BCUT2D eigenvalue weighted by Gasteiger charge is -2.18. The van der Waals surface area contributed by atoms with E-state index in [0.29, 0.717) is 27.3 Å². The van der Waals surface area contributed by atoms with Crippen molar-refractivity contribution in [1.82, 2.24) is 20.9 Å². The zero-order valence-corrected chi connectivity index (χ0v) is 19.2. The SMILES string of the molecule is O=C(N[C@@H](C(=O)NN=Cc1coc2ccccc2c1=O)c1n[nH]c(=O)c2ccccc12)c1ccccc1. The van der Waals surface area contributed by atoms with Crippen LogP contribution < -0.4 is 21.7 Å². The van der Waals surface area contributed by atoms with Crippen molar-refractivity contribution < 1.29 is 14.0 Å². The highest BCUT2D eigenvalue weighted by Crippen LogP contribution is 2.20. The van der Waals surface area contributed by atoms with Gasteiger partial charge >= 0.3 is 0 Å². The lowest BCUT2D eigenvalue weighted by molar-refractivity contribution is -0.123. The van der Waals surface area contributed by atoms with Crippen LogP contribution in [0.5, 0.6) is 0 Å². The van der Waals surface area contributed by atoms with Gasteiger partial charge < -0.3 is 9.73 Å². The van der Waals surface area contributed by atoms with E-state index in [1.54, 1.807) is 78.9 Å². The zero-order valence-electron chi connectivity index (χ0n) is 19.2. The number of hydrogen-bond donors (Lipinski definition) is 3. The fourth-order valence-electron chi connectivity index (χ4n) is 3.83. The molecule has 0 spiro atoms. The average molecular weight is 493 g/mol. The van der Waals surface area contributed by atoms with Gasteiger partial charge in [-0.05, 0) is 30.3 Å². The Morgan fingerprint density at radius 2 is 1.57 bits per heavy atom. The Kier molecular flexibility index (Phi) is 6.37. The van der Waals surface area contributed by atoms with Gasteiger partial charge in [-0.3, -0.25) is 19.2 Å². The number of nitrogens with zero attached hydrogens (tertiary/aromatic N) is 2. The number of carbonyl (C=O) groups excluding carboxylic acids is 2. The van der Waals surface area contributed by atoms with E-state index < -0.39 is 23.4 Å². The molecule has 0 fully saturated rings. The second-order valence-electron chi connectivity index (χ2n) is 8.01. The number of carbonyl (C=O) groups is 2. The maximum atomic E-state index is 13.3. The van der Waals surface area contributed by atoms with Crippen molar-refractivity contribution in [2.24, 2.45) is 5.10 Å². The van der Waals surface area contributed by atoms with Gasteiger partial charge in [0.25, 0.3) is 17.4 Å². The third-order valence-electron chi connectivity index (χ3n) is 5.66. The number of para-hydroxylation sites is 1. The summed E-state index contributed by atoms with van der Waals surface area (Å²) in [6, 6.07) is 20.4. The van der Waals surface area contributed by atoms with Gasteiger partial charge in [-0.25, -0.2) is 10.5 Å². The van der Waals surface area contributed by atoms with Gasteiger partial charge in [0.1, 0.15) is 17.5 Å². The molecule has 0 saturated heterocycles. The Bertz CT molecular complexity index is 1780.